The molecule has 0 bridgehead atoms. The van der Waals surface area contributed by atoms with Crippen LogP contribution in [0.2, 0.25) is 0 Å². The summed E-state index contributed by atoms with van der Waals surface area (Å²) in [5.41, 5.74) is 0.771. The molecule has 36 heavy (non-hydrogen) atoms. The summed E-state index contributed by atoms with van der Waals surface area (Å²) in [4.78, 5) is 49.2. The number of hydrogen-bond donors (Lipinski definition) is 1. The van der Waals surface area contributed by atoms with Crippen molar-refractivity contribution >= 4 is 35.3 Å². The lowest BCUT2D eigenvalue weighted by Gasteiger charge is -2.26. The SMILES string of the molecule is CCOc1cc(/C=C2\C(=O)NC(=O)N(c3cccc([N+](=O)[O-])c3)C2=O)ccc1OCc1ccccc1. The maximum absolute atomic E-state index is 13.1. The van der Waals surface area contributed by atoms with Gasteiger partial charge in [0.05, 0.1) is 17.2 Å². The zero-order valence-corrected chi connectivity index (χ0v) is 19.2. The van der Waals surface area contributed by atoms with Crippen molar-refractivity contribution in [2.45, 2.75) is 13.5 Å². The molecule has 1 N–H and O–H groups in total. The van der Waals surface area contributed by atoms with Gasteiger partial charge in [-0.2, -0.15) is 0 Å². The quantitative estimate of drug-likeness (QED) is 0.218. The number of benzene rings is 3. The fourth-order valence-electron chi connectivity index (χ4n) is 3.54. The number of anilines is 1. The monoisotopic (exact) mass is 487 g/mol. The number of nitro groups is 1. The van der Waals surface area contributed by atoms with Crippen molar-refractivity contribution in [3.05, 3.63) is 99.6 Å². The van der Waals surface area contributed by atoms with Gasteiger partial charge in [0.1, 0.15) is 12.2 Å². The van der Waals surface area contributed by atoms with Crippen LogP contribution < -0.4 is 19.7 Å². The van der Waals surface area contributed by atoms with Crippen molar-refractivity contribution in [3.8, 4) is 11.5 Å². The van der Waals surface area contributed by atoms with E-state index in [4.69, 9.17) is 9.47 Å². The molecule has 3 aromatic rings. The number of amides is 4. The predicted octanol–water partition coefficient (Wildman–Crippen LogP) is 4.24. The van der Waals surface area contributed by atoms with Crippen LogP contribution in [0, 0.1) is 10.1 Å². The molecule has 1 saturated heterocycles. The van der Waals surface area contributed by atoms with Crippen LogP contribution in [-0.2, 0) is 16.2 Å². The maximum Gasteiger partial charge on any atom is 0.335 e. The Balaban J connectivity index is 1.63. The molecule has 0 saturated carbocycles. The molecule has 3 aromatic carbocycles. The Kier molecular flexibility index (Phi) is 7.05. The molecule has 1 aliphatic rings. The smallest absolute Gasteiger partial charge is 0.335 e. The van der Waals surface area contributed by atoms with E-state index in [0.29, 0.717) is 35.2 Å². The molecule has 1 aliphatic heterocycles. The van der Waals surface area contributed by atoms with E-state index in [1.54, 1.807) is 18.2 Å². The third-order valence-electron chi connectivity index (χ3n) is 5.22. The van der Waals surface area contributed by atoms with Gasteiger partial charge in [0.25, 0.3) is 17.5 Å². The predicted molar refractivity (Wildman–Crippen MR) is 130 cm³/mol. The maximum atomic E-state index is 13.1. The average Bonchev–Trinajstić information content (AvgIpc) is 2.87. The molecule has 182 valence electrons. The Bertz CT molecular complexity index is 1370. The number of rotatable bonds is 8. The van der Waals surface area contributed by atoms with Gasteiger partial charge in [-0.05, 0) is 42.3 Å². The van der Waals surface area contributed by atoms with E-state index in [2.05, 4.69) is 5.32 Å². The standard InChI is InChI=1S/C26H21N3O7/c1-2-35-23-14-18(11-12-22(23)36-16-17-7-4-3-5-8-17)13-21-24(30)27-26(32)28(25(21)31)19-9-6-10-20(15-19)29(33)34/h3-15H,2,16H2,1H3,(H,27,30,32)/b21-13+. The van der Waals surface area contributed by atoms with Gasteiger partial charge >= 0.3 is 6.03 Å². The zero-order valence-electron chi connectivity index (χ0n) is 19.2. The Labute approximate surface area is 205 Å². The molecule has 10 nitrogen and oxygen atoms in total. The molecule has 0 atom stereocenters. The van der Waals surface area contributed by atoms with E-state index in [1.807, 2.05) is 37.3 Å². The molecule has 1 fully saturated rings. The minimum atomic E-state index is -0.998. The van der Waals surface area contributed by atoms with Crippen molar-refractivity contribution in [1.82, 2.24) is 5.32 Å². The van der Waals surface area contributed by atoms with Gasteiger partial charge in [-0.25, -0.2) is 9.69 Å². The highest BCUT2D eigenvalue weighted by atomic mass is 16.6. The summed E-state index contributed by atoms with van der Waals surface area (Å²) in [6.45, 7) is 2.49. The van der Waals surface area contributed by atoms with E-state index in [1.165, 1.54) is 24.3 Å². The zero-order chi connectivity index (χ0) is 25.7. The van der Waals surface area contributed by atoms with Gasteiger partial charge in [-0.3, -0.25) is 25.0 Å². The van der Waals surface area contributed by atoms with Crippen LogP contribution in [-0.4, -0.2) is 29.4 Å². The van der Waals surface area contributed by atoms with Crippen molar-refractivity contribution < 1.29 is 28.8 Å². The number of urea groups is 1. The van der Waals surface area contributed by atoms with Gasteiger partial charge in [0, 0.05) is 12.1 Å². The van der Waals surface area contributed by atoms with Gasteiger partial charge in [-0.15, -0.1) is 0 Å². The molecule has 10 heteroatoms. The fourth-order valence-corrected chi connectivity index (χ4v) is 3.54. The number of nitrogens with zero attached hydrogens (tertiary/aromatic N) is 2. The topological polar surface area (TPSA) is 128 Å². The highest BCUT2D eigenvalue weighted by molar-refractivity contribution is 6.39. The summed E-state index contributed by atoms with van der Waals surface area (Å²) in [5.74, 6) is -0.894. The van der Waals surface area contributed by atoms with Gasteiger partial charge in [0.2, 0.25) is 0 Å². The number of ether oxygens (including phenoxy) is 2. The second-order valence-electron chi connectivity index (χ2n) is 7.65. The third kappa shape index (κ3) is 5.22. The molecule has 0 aromatic heterocycles. The van der Waals surface area contributed by atoms with Crippen LogP contribution in [0.1, 0.15) is 18.1 Å². The lowest BCUT2D eigenvalue weighted by molar-refractivity contribution is -0.384. The van der Waals surface area contributed by atoms with Crippen molar-refractivity contribution in [2.24, 2.45) is 0 Å². The molecule has 4 rings (SSSR count). The minimum absolute atomic E-state index is 0.0373. The molecule has 1 heterocycles. The van der Waals surface area contributed by atoms with Crippen molar-refractivity contribution in [2.75, 3.05) is 11.5 Å². The summed E-state index contributed by atoms with van der Waals surface area (Å²) in [5, 5.41) is 13.2. The van der Waals surface area contributed by atoms with Crippen LogP contribution in [0.3, 0.4) is 0 Å². The summed E-state index contributed by atoms with van der Waals surface area (Å²) >= 11 is 0. The van der Waals surface area contributed by atoms with E-state index in [0.717, 1.165) is 11.6 Å². The van der Waals surface area contributed by atoms with Gasteiger partial charge in [-0.1, -0.05) is 42.5 Å². The summed E-state index contributed by atoms with van der Waals surface area (Å²) in [6.07, 6.45) is 1.32. The summed E-state index contributed by atoms with van der Waals surface area (Å²) < 4.78 is 11.6. The Morgan fingerprint density at radius 2 is 1.72 bits per heavy atom. The van der Waals surface area contributed by atoms with Gasteiger partial charge in [0.15, 0.2) is 11.5 Å². The number of barbiturate groups is 1. The lowest BCUT2D eigenvalue weighted by atomic mass is 10.1. The first-order valence-corrected chi connectivity index (χ1v) is 11.0. The highest BCUT2D eigenvalue weighted by Crippen LogP contribution is 2.31. The Morgan fingerprint density at radius 1 is 0.944 bits per heavy atom. The van der Waals surface area contributed by atoms with E-state index < -0.39 is 22.8 Å². The number of nitro benzene ring substituents is 1. The van der Waals surface area contributed by atoms with Crippen LogP contribution >= 0.6 is 0 Å². The van der Waals surface area contributed by atoms with Crippen molar-refractivity contribution in [1.29, 1.82) is 0 Å². The van der Waals surface area contributed by atoms with Gasteiger partial charge < -0.3 is 9.47 Å². The molecular weight excluding hydrogens is 466 g/mol. The number of hydrogen-bond acceptors (Lipinski definition) is 7. The average molecular weight is 487 g/mol. The number of non-ortho nitro benzene ring substituents is 1. The first-order valence-electron chi connectivity index (χ1n) is 11.0. The van der Waals surface area contributed by atoms with E-state index in [-0.39, 0.29) is 16.9 Å². The van der Waals surface area contributed by atoms with Crippen LogP contribution in [0.15, 0.2) is 78.4 Å². The summed E-state index contributed by atoms with van der Waals surface area (Å²) in [6, 6.07) is 18.5. The van der Waals surface area contributed by atoms with Crippen LogP contribution in [0.4, 0.5) is 16.2 Å². The second-order valence-corrected chi connectivity index (χ2v) is 7.65. The number of carbonyl (C=O) groups is 3. The highest BCUT2D eigenvalue weighted by Gasteiger charge is 2.37. The molecule has 0 radical (unpaired) electrons. The fraction of sp³-hybridized carbons (Fsp3) is 0.115. The Hall–Kier alpha value is -4.99. The largest absolute Gasteiger partial charge is 0.490 e. The first kappa shape index (κ1) is 24.1. The molecule has 0 unspecified atom stereocenters. The third-order valence-corrected chi connectivity index (χ3v) is 5.22. The number of carbonyl (C=O) groups excluding carboxylic acids is 3. The minimum Gasteiger partial charge on any atom is -0.490 e. The van der Waals surface area contributed by atoms with Crippen LogP contribution in [0.25, 0.3) is 6.08 Å². The molecule has 4 amide bonds. The lowest BCUT2D eigenvalue weighted by Crippen LogP contribution is -2.54. The molecule has 0 aliphatic carbocycles. The van der Waals surface area contributed by atoms with Crippen LogP contribution in [0.5, 0.6) is 11.5 Å². The number of imide groups is 2. The number of nitrogens with one attached hydrogen (secondary N) is 1. The summed E-state index contributed by atoms with van der Waals surface area (Å²) in [7, 11) is 0. The first-order chi connectivity index (χ1) is 17.4. The Morgan fingerprint density at radius 3 is 2.44 bits per heavy atom. The van der Waals surface area contributed by atoms with Crippen molar-refractivity contribution in [3.63, 3.8) is 0 Å². The van der Waals surface area contributed by atoms with E-state index in [9.17, 15) is 24.5 Å². The molecule has 0 spiro atoms. The normalized spacial score (nSPS) is 14.5. The molecular formula is C26H21N3O7. The second kappa shape index (κ2) is 10.5. The van der Waals surface area contributed by atoms with E-state index >= 15 is 0 Å².